The Morgan fingerprint density at radius 2 is 1.54 bits per heavy atom. The van der Waals surface area contributed by atoms with Crippen molar-refractivity contribution < 1.29 is 24.3 Å². The molecule has 2 aromatic heterocycles. The molecule has 1 N–H and O–H groups in total. The highest BCUT2D eigenvalue weighted by atomic mass is 32.1. The van der Waals surface area contributed by atoms with Gasteiger partial charge in [-0.05, 0) is 51.0 Å². The third-order valence-electron chi connectivity index (χ3n) is 4.42. The first-order valence-corrected chi connectivity index (χ1v) is 10.8. The SMILES string of the molecule is CC(=O)CCc1ccc(-c2ccc(CC(=O)CC(CCC(=O)O)C(C)=O)s2)s1. The molecule has 1 unspecified atom stereocenters. The minimum absolute atomic E-state index is 0.0488. The fourth-order valence-electron chi connectivity index (χ4n) is 2.84. The molecule has 0 fully saturated rings. The standard InChI is InChI=1S/C21H24O5S2/c1-13(22)3-5-17-6-8-19(27-17)20-9-7-18(28-20)12-16(24)11-15(14(2)23)4-10-21(25)26/h6-9,15H,3-5,10-12H2,1-2H3,(H,25,26). The number of carbonyl (C=O) groups is 4. The van der Waals surface area contributed by atoms with E-state index in [2.05, 4.69) is 0 Å². The topological polar surface area (TPSA) is 88.5 Å². The van der Waals surface area contributed by atoms with E-state index < -0.39 is 11.9 Å². The van der Waals surface area contributed by atoms with E-state index in [1.54, 1.807) is 29.6 Å². The van der Waals surface area contributed by atoms with Crippen LogP contribution in [-0.4, -0.2) is 28.4 Å². The highest BCUT2D eigenvalue weighted by Crippen LogP contribution is 2.34. The normalized spacial score (nSPS) is 11.9. The van der Waals surface area contributed by atoms with Crippen LogP contribution in [-0.2, 0) is 32.0 Å². The molecule has 2 aromatic rings. The monoisotopic (exact) mass is 420 g/mol. The third kappa shape index (κ3) is 7.13. The first-order valence-electron chi connectivity index (χ1n) is 9.15. The Hall–Kier alpha value is -2.12. The maximum absolute atomic E-state index is 12.3. The average Bonchev–Trinajstić information content (AvgIpc) is 3.25. The summed E-state index contributed by atoms with van der Waals surface area (Å²) in [6.07, 6.45) is 1.73. The molecule has 0 radical (unpaired) electrons. The van der Waals surface area contributed by atoms with Crippen LogP contribution >= 0.6 is 22.7 Å². The van der Waals surface area contributed by atoms with Crippen LogP contribution in [0, 0.1) is 5.92 Å². The molecule has 2 heterocycles. The van der Waals surface area contributed by atoms with Gasteiger partial charge in [-0.3, -0.25) is 14.4 Å². The molecule has 0 saturated carbocycles. The second kappa shape index (κ2) is 10.4. The summed E-state index contributed by atoms with van der Waals surface area (Å²) in [7, 11) is 0. The van der Waals surface area contributed by atoms with Gasteiger partial charge in [-0.15, -0.1) is 22.7 Å². The van der Waals surface area contributed by atoms with Crippen LogP contribution in [0.1, 0.15) is 49.3 Å². The number of thiophene rings is 2. The lowest BCUT2D eigenvalue weighted by atomic mass is 9.92. The van der Waals surface area contributed by atoms with Gasteiger partial charge in [0.25, 0.3) is 0 Å². The summed E-state index contributed by atoms with van der Waals surface area (Å²) < 4.78 is 0. The Morgan fingerprint density at radius 1 is 0.929 bits per heavy atom. The van der Waals surface area contributed by atoms with Gasteiger partial charge in [-0.2, -0.15) is 0 Å². The average molecular weight is 421 g/mol. The van der Waals surface area contributed by atoms with Crippen LogP contribution in [0.2, 0.25) is 0 Å². The smallest absolute Gasteiger partial charge is 0.303 e. The number of aryl methyl sites for hydroxylation is 1. The molecule has 7 heteroatoms. The predicted octanol–water partition coefficient (Wildman–Crippen LogP) is 4.57. The Kier molecular flexibility index (Phi) is 8.26. The van der Waals surface area contributed by atoms with Gasteiger partial charge < -0.3 is 9.90 Å². The molecule has 0 saturated heterocycles. The fraction of sp³-hybridized carbons (Fsp3) is 0.429. The first kappa shape index (κ1) is 22.2. The number of carboxylic acids is 1. The van der Waals surface area contributed by atoms with Gasteiger partial charge in [0.05, 0.1) is 0 Å². The van der Waals surface area contributed by atoms with E-state index in [0.717, 1.165) is 21.1 Å². The Morgan fingerprint density at radius 3 is 2.11 bits per heavy atom. The van der Waals surface area contributed by atoms with E-state index in [0.29, 0.717) is 6.42 Å². The van der Waals surface area contributed by atoms with Crippen molar-refractivity contribution in [2.24, 2.45) is 5.92 Å². The Bertz CT molecular complexity index is 862. The zero-order valence-corrected chi connectivity index (χ0v) is 17.7. The number of Topliss-reactive ketones (excluding diaryl/α,β-unsaturated/α-hetero) is 3. The number of ketones is 3. The van der Waals surface area contributed by atoms with E-state index in [9.17, 15) is 19.2 Å². The van der Waals surface area contributed by atoms with Gasteiger partial charge in [0.15, 0.2) is 0 Å². The summed E-state index contributed by atoms with van der Waals surface area (Å²) in [4.78, 5) is 50.1. The molecule has 5 nitrogen and oxygen atoms in total. The molecule has 28 heavy (non-hydrogen) atoms. The Balaban J connectivity index is 1.94. The molecule has 0 bridgehead atoms. The third-order valence-corrected chi connectivity index (χ3v) is 6.84. The number of carbonyl (C=O) groups excluding carboxylic acids is 3. The highest BCUT2D eigenvalue weighted by Gasteiger charge is 2.20. The van der Waals surface area contributed by atoms with Crippen LogP contribution in [0.4, 0.5) is 0 Å². The van der Waals surface area contributed by atoms with Crippen molar-refractivity contribution in [2.45, 2.75) is 52.4 Å². The van der Waals surface area contributed by atoms with E-state index in [1.807, 2.05) is 24.3 Å². The highest BCUT2D eigenvalue weighted by molar-refractivity contribution is 7.22. The van der Waals surface area contributed by atoms with Crippen molar-refractivity contribution >= 4 is 46.0 Å². The summed E-state index contributed by atoms with van der Waals surface area (Å²) in [5, 5.41) is 8.78. The molecule has 0 aliphatic rings. The maximum atomic E-state index is 12.3. The predicted molar refractivity (Wildman–Crippen MR) is 111 cm³/mol. The number of aliphatic carboxylic acids is 1. The molecule has 0 aromatic carbocycles. The van der Waals surface area contributed by atoms with Crippen LogP contribution in [0.5, 0.6) is 0 Å². The van der Waals surface area contributed by atoms with Gasteiger partial charge in [0.1, 0.15) is 17.3 Å². The number of carboxylic acid groups (broad SMARTS) is 1. The van der Waals surface area contributed by atoms with E-state index >= 15 is 0 Å². The molecule has 1 atom stereocenters. The largest absolute Gasteiger partial charge is 0.481 e. The Labute approximate surface area is 172 Å². The van der Waals surface area contributed by atoms with E-state index in [1.165, 1.54) is 11.8 Å². The minimum Gasteiger partial charge on any atom is -0.481 e. The van der Waals surface area contributed by atoms with Crippen LogP contribution in [0.25, 0.3) is 9.75 Å². The first-order chi connectivity index (χ1) is 13.2. The molecule has 0 spiro atoms. The lowest BCUT2D eigenvalue weighted by Gasteiger charge is -2.11. The van der Waals surface area contributed by atoms with Gasteiger partial charge in [-0.1, -0.05) is 0 Å². The number of hydrogen-bond donors (Lipinski definition) is 1. The van der Waals surface area contributed by atoms with Crippen molar-refractivity contribution in [2.75, 3.05) is 0 Å². The summed E-state index contributed by atoms with van der Waals surface area (Å²) in [5.41, 5.74) is 0. The van der Waals surface area contributed by atoms with Gasteiger partial charge >= 0.3 is 5.97 Å². The van der Waals surface area contributed by atoms with Crippen LogP contribution in [0.3, 0.4) is 0 Å². The van der Waals surface area contributed by atoms with Crippen LogP contribution < -0.4 is 0 Å². The van der Waals surface area contributed by atoms with Crippen molar-refractivity contribution in [1.82, 2.24) is 0 Å². The van der Waals surface area contributed by atoms with Crippen LogP contribution in [0.15, 0.2) is 24.3 Å². The van der Waals surface area contributed by atoms with E-state index in [4.69, 9.17) is 5.11 Å². The molecular formula is C21H24O5S2. The number of rotatable bonds is 12. The number of hydrogen-bond acceptors (Lipinski definition) is 6. The molecule has 2 rings (SSSR count). The van der Waals surface area contributed by atoms with Gasteiger partial charge in [0, 0.05) is 51.1 Å². The maximum Gasteiger partial charge on any atom is 0.303 e. The lowest BCUT2D eigenvalue weighted by molar-refractivity contribution is -0.138. The zero-order valence-electron chi connectivity index (χ0n) is 16.0. The fourth-order valence-corrected chi connectivity index (χ4v) is 4.97. The van der Waals surface area contributed by atoms with Crippen molar-refractivity contribution in [3.8, 4) is 9.75 Å². The molecule has 150 valence electrons. The second-order valence-corrected chi connectivity index (χ2v) is 9.23. The van der Waals surface area contributed by atoms with Gasteiger partial charge in [0.2, 0.25) is 0 Å². The quantitative estimate of drug-likeness (QED) is 0.543. The summed E-state index contributed by atoms with van der Waals surface area (Å²) in [6.45, 7) is 3.00. The minimum atomic E-state index is -0.958. The second-order valence-electron chi connectivity index (χ2n) is 6.89. The molecule has 0 aliphatic heterocycles. The van der Waals surface area contributed by atoms with Gasteiger partial charge in [-0.25, -0.2) is 0 Å². The van der Waals surface area contributed by atoms with Crippen molar-refractivity contribution in [1.29, 1.82) is 0 Å². The summed E-state index contributed by atoms with van der Waals surface area (Å²) in [5.74, 6) is -1.49. The molecule has 0 amide bonds. The molecule has 0 aliphatic carbocycles. The summed E-state index contributed by atoms with van der Waals surface area (Å²) in [6, 6.07) is 7.98. The van der Waals surface area contributed by atoms with Crippen molar-refractivity contribution in [3.05, 3.63) is 34.0 Å². The van der Waals surface area contributed by atoms with Crippen molar-refractivity contribution in [3.63, 3.8) is 0 Å². The summed E-state index contributed by atoms with van der Waals surface area (Å²) >= 11 is 3.21. The zero-order chi connectivity index (χ0) is 20.7. The molecular weight excluding hydrogens is 396 g/mol. The van der Waals surface area contributed by atoms with E-state index in [-0.39, 0.29) is 43.0 Å². The lowest BCUT2D eigenvalue weighted by Crippen LogP contribution is -2.18.